The summed E-state index contributed by atoms with van der Waals surface area (Å²) in [5.41, 5.74) is 7.46. The zero-order valence-electron chi connectivity index (χ0n) is 16.4. The van der Waals surface area contributed by atoms with Gasteiger partial charge in [0, 0.05) is 32.1 Å². The van der Waals surface area contributed by atoms with Gasteiger partial charge in [-0.2, -0.15) is 0 Å². The van der Waals surface area contributed by atoms with Crippen molar-refractivity contribution >= 4 is 17.4 Å². The molecular formula is C20H26N8O. The summed E-state index contributed by atoms with van der Waals surface area (Å²) in [6, 6.07) is 13.9. The maximum Gasteiger partial charge on any atom is 0.226 e. The second-order valence-corrected chi connectivity index (χ2v) is 7.37. The van der Waals surface area contributed by atoms with Crippen molar-refractivity contribution in [1.82, 2.24) is 30.2 Å². The van der Waals surface area contributed by atoms with E-state index in [-0.39, 0.29) is 11.8 Å². The average Bonchev–Trinajstić information content (AvgIpc) is 3.25. The number of carbonyl (C=O) groups is 1. The molecule has 0 bridgehead atoms. The molecule has 1 aromatic carbocycles. The number of hydrogen-bond acceptors (Lipinski definition) is 7. The SMILES string of the molecule is NCCCN(Cc1ccccc1)C(=O)C1CCN(c2ccc3nnnn3n2)CC1. The Labute approximate surface area is 169 Å². The summed E-state index contributed by atoms with van der Waals surface area (Å²) in [5, 5.41) is 15.8. The third-order valence-corrected chi connectivity index (χ3v) is 5.38. The van der Waals surface area contributed by atoms with Crippen LogP contribution >= 0.6 is 0 Å². The lowest BCUT2D eigenvalue weighted by molar-refractivity contribution is -0.136. The van der Waals surface area contributed by atoms with Crippen molar-refractivity contribution in [2.75, 3.05) is 31.1 Å². The van der Waals surface area contributed by atoms with Crippen molar-refractivity contribution in [3.8, 4) is 0 Å². The molecule has 29 heavy (non-hydrogen) atoms. The third-order valence-electron chi connectivity index (χ3n) is 5.38. The molecule has 9 nitrogen and oxygen atoms in total. The van der Waals surface area contributed by atoms with Gasteiger partial charge >= 0.3 is 0 Å². The predicted octanol–water partition coefficient (Wildman–Crippen LogP) is 1.11. The zero-order chi connectivity index (χ0) is 20.1. The van der Waals surface area contributed by atoms with Crippen LogP contribution in [0.15, 0.2) is 42.5 Å². The third kappa shape index (κ3) is 4.51. The summed E-state index contributed by atoms with van der Waals surface area (Å²) in [6.07, 6.45) is 2.43. The molecule has 0 saturated carbocycles. The number of tetrazole rings is 1. The molecule has 4 rings (SSSR count). The fraction of sp³-hybridized carbons (Fsp3) is 0.450. The van der Waals surface area contributed by atoms with Gasteiger partial charge in [0.05, 0.1) is 0 Å². The highest BCUT2D eigenvalue weighted by molar-refractivity contribution is 5.79. The predicted molar refractivity (Wildman–Crippen MR) is 109 cm³/mol. The summed E-state index contributed by atoms with van der Waals surface area (Å²) in [7, 11) is 0. The molecule has 1 aliphatic rings. The van der Waals surface area contributed by atoms with E-state index >= 15 is 0 Å². The van der Waals surface area contributed by atoms with Crippen LogP contribution in [0, 0.1) is 5.92 Å². The molecule has 3 aromatic rings. The molecule has 9 heteroatoms. The molecule has 2 aromatic heterocycles. The minimum Gasteiger partial charge on any atom is -0.355 e. The summed E-state index contributed by atoms with van der Waals surface area (Å²) in [4.78, 5) is 17.4. The Bertz CT molecular complexity index is 936. The van der Waals surface area contributed by atoms with E-state index in [4.69, 9.17) is 5.73 Å². The van der Waals surface area contributed by atoms with Gasteiger partial charge in [0.15, 0.2) is 11.5 Å². The van der Waals surface area contributed by atoms with Crippen LogP contribution in [0.5, 0.6) is 0 Å². The standard InChI is InChI=1S/C20H26N8O/c21-11-4-12-27(15-16-5-2-1-3-6-16)20(29)17-9-13-26(14-10-17)19-8-7-18-22-24-25-28(18)23-19/h1-3,5-8,17H,4,9-15,21H2. The number of fused-ring (bicyclic) bond motifs is 1. The molecule has 1 saturated heterocycles. The van der Waals surface area contributed by atoms with Gasteiger partial charge in [-0.25, -0.2) is 0 Å². The molecule has 3 heterocycles. The topological polar surface area (TPSA) is 106 Å². The van der Waals surface area contributed by atoms with Crippen LogP contribution in [-0.4, -0.2) is 62.2 Å². The molecule has 0 unspecified atom stereocenters. The van der Waals surface area contributed by atoms with Crippen molar-refractivity contribution < 1.29 is 4.79 Å². The van der Waals surface area contributed by atoms with E-state index < -0.39 is 0 Å². The first-order chi connectivity index (χ1) is 14.2. The van der Waals surface area contributed by atoms with E-state index in [0.29, 0.717) is 25.3 Å². The molecule has 0 spiro atoms. The highest BCUT2D eigenvalue weighted by Crippen LogP contribution is 2.24. The fourth-order valence-electron chi connectivity index (χ4n) is 3.78. The Hall–Kier alpha value is -3.07. The van der Waals surface area contributed by atoms with Crippen LogP contribution in [0.25, 0.3) is 5.65 Å². The van der Waals surface area contributed by atoms with Crippen LogP contribution in [-0.2, 0) is 11.3 Å². The number of hydrogen-bond donors (Lipinski definition) is 1. The lowest BCUT2D eigenvalue weighted by Crippen LogP contribution is -2.43. The van der Waals surface area contributed by atoms with Gasteiger partial charge in [-0.3, -0.25) is 4.79 Å². The summed E-state index contributed by atoms with van der Waals surface area (Å²) < 4.78 is 1.43. The van der Waals surface area contributed by atoms with Crippen molar-refractivity contribution in [1.29, 1.82) is 0 Å². The Morgan fingerprint density at radius 1 is 1.14 bits per heavy atom. The number of benzene rings is 1. The van der Waals surface area contributed by atoms with E-state index in [1.54, 1.807) is 0 Å². The maximum absolute atomic E-state index is 13.2. The molecule has 2 N–H and O–H groups in total. The zero-order valence-corrected chi connectivity index (χ0v) is 16.4. The molecular weight excluding hydrogens is 368 g/mol. The first-order valence-corrected chi connectivity index (χ1v) is 10.1. The van der Waals surface area contributed by atoms with Gasteiger partial charge in [-0.1, -0.05) is 30.3 Å². The minimum absolute atomic E-state index is 0.0319. The summed E-state index contributed by atoms with van der Waals surface area (Å²) in [6.45, 7) is 3.49. The van der Waals surface area contributed by atoms with Crippen LogP contribution in [0.3, 0.4) is 0 Å². The number of anilines is 1. The van der Waals surface area contributed by atoms with Crippen LogP contribution < -0.4 is 10.6 Å². The van der Waals surface area contributed by atoms with Gasteiger partial charge in [0.25, 0.3) is 0 Å². The highest BCUT2D eigenvalue weighted by Gasteiger charge is 2.29. The largest absolute Gasteiger partial charge is 0.355 e. The van der Waals surface area contributed by atoms with E-state index in [1.807, 2.05) is 35.2 Å². The quantitative estimate of drug-likeness (QED) is 0.640. The van der Waals surface area contributed by atoms with Crippen LogP contribution in [0.1, 0.15) is 24.8 Å². The number of aromatic nitrogens is 5. The fourth-order valence-corrected chi connectivity index (χ4v) is 3.78. The number of piperidine rings is 1. The van der Waals surface area contributed by atoms with Gasteiger partial charge in [0.1, 0.15) is 0 Å². The number of amides is 1. The lowest BCUT2D eigenvalue weighted by Gasteiger charge is -2.34. The number of nitrogens with two attached hydrogens (primary N) is 1. The van der Waals surface area contributed by atoms with Crippen LogP contribution in [0.2, 0.25) is 0 Å². The normalized spacial score (nSPS) is 15.0. The maximum atomic E-state index is 13.2. The first-order valence-electron chi connectivity index (χ1n) is 10.1. The average molecular weight is 394 g/mol. The summed E-state index contributed by atoms with van der Waals surface area (Å²) >= 11 is 0. The van der Waals surface area contributed by atoms with Gasteiger partial charge in [-0.15, -0.1) is 14.8 Å². The lowest BCUT2D eigenvalue weighted by atomic mass is 9.95. The van der Waals surface area contributed by atoms with Gasteiger partial charge in [0.2, 0.25) is 5.91 Å². The smallest absolute Gasteiger partial charge is 0.226 e. The van der Waals surface area contributed by atoms with Gasteiger partial charge in [-0.05, 0) is 53.9 Å². The van der Waals surface area contributed by atoms with Crippen molar-refractivity contribution in [3.63, 3.8) is 0 Å². The van der Waals surface area contributed by atoms with Gasteiger partial charge < -0.3 is 15.5 Å². The van der Waals surface area contributed by atoms with E-state index in [1.165, 1.54) is 4.63 Å². The Morgan fingerprint density at radius 3 is 2.69 bits per heavy atom. The Balaban J connectivity index is 1.39. The van der Waals surface area contributed by atoms with Crippen molar-refractivity contribution in [2.24, 2.45) is 11.7 Å². The Morgan fingerprint density at radius 2 is 1.93 bits per heavy atom. The van der Waals surface area contributed by atoms with Crippen LogP contribution in [0.4, 0.5) is 5.82 Å². The molecule has 0 aliphatic carbocycles. The monoisotopic (exact) mass is 394 g/mol. The summed E-state index contributed by atoms with van der Waals surface area (Å²) in [5.74, 6) is 1.09. The molecule has 1 fully saturated rings. The van der Waals surface area contributed by atoms with E-state index in [0.717, 1.165) is 43.7 Å². The van der Waals surface area contributed by atoms with Crippen molar-refractivity contribution in [2.45, 2.75) is 25.8 Å². The van der Waals surface area contributed by atoms with E-state index in [2.05, 4.69) is 37.7 Å². The van der Waals surface area contributed by atoms with Crippen molar-refractivity contribution in [3.05, 3.63) is 48.0 Å². The Kier molecular flexibility index (Phi) is 5.95. The minimum atomic E-state index is 0.0319. The first kappa shape index (κ1) is 19.3. The van der Waals surface area contributed by atoms with E-state index in [9.17, 15) is 4.79 Å². The molecule has 1 aliphatic heterocycles. The second-order valence-electron chi connectivity index (χ2n) is 7.37. The second kappa shape index (κ2) is 8.95. The molecule has 152 valence electrons. The molecule has 1 amide bonds. The number of carbonyl (C=O) groups excluding carboxylic acids is 1. The number of rotatable bonds is 7. The molecule has 0 radical (unpaired) electrons. The molecule has 0 atom stereocenters. The number of nitrogens with zero attached hydrogens (tertiary/aromatic N) is 7. The highest BCUT2D eigenvalue weighted by atomic mass is 16.2.